The molecule has 3 heteroatoms. The maximum Gasteiger partial charge on any atom is 0.116 e. The topological polar surface area (TPSA) is 26.2 Å². The van der Waals surface area contributed by atoms with Gasteiger partial charge in [0.05, 0.1) is 11.0 Å². The Morgan fingerprint density at radius 2 is 1.53 bits per heavy atom. The first kappa shape index (κ1) is 12.1. The van der Waals surface area contributed by atoms with Crippen molar-refractivity contribution in [2.24, 2.45) is 0 Å². The van der Waals surface area contributed by atoms with Gasteiger partial charge in [0, 0.05) is 10.8 Å². The molecule has 0 unspecified atom stereocenters. The average Bonchev–Trinajstić information content (AvgIpc) is 2.78. The minimum Gasteiger partial charge on any atom is -0.413 e. The minimum atomic E-state index is 0.712. The second-order valence-corrected chi connectivity index (χ2v) is 4.62. The molecule has 0 atom stereocenters. The third kappa shape index (κ3) is 2.17. The largest absolute Gasteiger partial charge is 0.413 e. The molecule has 0 radical (unpaired) electrons. The highest BCUT2D eigenvalue weighted by atomic mass is 16.7. The van der Waals surface area contributed by atoms with Crippen LogP contribution < -0.4 is 10.2 Å². The molecule has 1 N–H and O–H groups in total. The average molecular weight is 254 g/mol. The molecule has 0 aliphatic carbocycles. The summed E-state index contributed by atoms with van der Waals surface area (Å²) >= 11 is 0. The molecular weight excluding hydrogens is 236 g/mol. The van der Waals surface area contributed by atoms with Gasteiger partial charge in [-0.15, -0.1) is 0 Å². The molecule has 2 aromatic carbocycles. The first-order valence-electron chi connectivity index (χ1n) is 6.68. The molecule has 0 aliphatic heterocycles. The van der Waals surface area contributed by atoms with E-state index in [0.29, 0.717) is 6.61 Å². The quantitative estimate of drug-likeness (QED) is 0.709. The molecule has 19 heavy (non-hydrogen) atoms. The Hall–Kier alpha value is -2.00. The summed E-state index contributed by atoms with van der Waals surface area (Å²) in [4.78, 5) is 5.95. The van der Waals surface area contributed by atoms with Gasteiger partial charge >= 0.3 is 0 Å². The molecule has 1 aromatic heterocycles. The monoisotopic (exact) mass is 254 g/mol. The molecule has 3 nitrogen and oxygen atoms in total. The van der Waals surface area contributed by atoms with Crippen LogP contribution in [0.1, 0.15) is 6.42 Å². The van der Waals surface area contributed by atoms with E-state index >= 15 is 0 Å². The van der Waals surface area contributed by atoms with Gasteiger partial charge in [-0.25, -0.2) is 0 Å². The summed E-state index contributed by atoms with van der Waals surface area (Å²) in [6.45, 7) is 1.68. The van der Waals surface area contributed by atoms with Crippen molar-refractivity contribution in [2.75, 3.05) is 20.2 Å². The zero-order chi connectivity index (χ0) is 13.1. The predicted octanol–water partition coefficient (Wildman–Crippen LogP) is 2.83. The highest BCUT2D eigenvalue weighted by Crippen LogP contribution is 2.27. The van der Waals surface area contributed by atoms with Crippen LogP contribution in [0.5, 0.6) is 0 Å². The number of rotatable bonds is 5. The summed E-state index contributed by atoms with van der Waals surface area (Å²) < 4.78 is 1.96. The van der Waals surface area contributed by atoms with E-state index in [1.807, 2.05) is 11.8 Å². The van der Waals surface area contributed by atoms with Crippen molar-refractivity contribution in [1.82, 2.24) is 10.0 Å². The summed E-state index contributed by atoms with van der Waals surface area (Å²) in [5, 5.41) is 5.62. The molecule has 0 aliphatic rings. The number of aromatic nitrogens is 1. The van der Waals surface area contributed by atoms with E-state index in [1.54, 1.807) is 0 Å². The van der Waals surface area contributed by atoms with Gasteiger partial charge in [0.25, 0.3) is 0 Å². The first-order chi connectivity index (χ1) is 9.42. The molecular formula is C16H18N2O. The van der Waals surface area contributed by atoms with Crippen molar-refractivity contribution in [3.63, 3.8) is 0 Å². The van der Waals surface area contributed by atoms with E-state index in [2.05, 4.69) is 53.8 Å². The van der Waals surface area contributed by atoms with Gasteiger partial charge in [0.1, 0.15) is 6.61 Å². The number of hydrogen-bond donors (Lipinski definition) is 1. The van der Waals surface area contributed by atoms with E-state index in [-0.39, 0.29) is 0 Å². The van der Waals surface area contributed by atoms with Crippen LogP contribution in [-0.2, 0) is 0 Å². The molecule has 0 bridgehead atoms. The lowest BCUT2D eigenvalue weighted by molar-refractivity contribution is 0.127. The zero-order valence-corrected chi connectivity index (χ0v) is 11.1. The lowest BCUT2D eigenvalue weighted by Gasteiger charge is -2.09. The maximum atomic E-state index is 5.95. The highest BCUT2D eigenvalue weighted by molar-refractivity contribution is 6.07. The Bertz CT molecular complexity index is 634. The first-order valence-corrected chi connectivity index (χ1v) is 6.68. The van der Waals surface area contributed by atoms with Crippen molar-refractivity contribution in [2.45, 2.75) is 6.42 Å². The zero-order valence-electron chi connectivity index (χ0n) is 11.1. The van der Waals surface area contributed by atoms with Crippen LogP contribution >= 0.6 is 0 Å². The number of hydrogen-bond acceptors (Lipinski definition) is 2. The highest BCUT2D eigenvalue weighted by Gasteiger charge is 2.09. The Morgan fingerprint density at radius 3 is 2.11 bits per heavy atom. The van der Waals surface area contributed by atoms with E-state index in [4.69, 9.17) is 4.84 Å². The number of nitrogens with zero attached hydrogens (tertiary/aromatic N) is 1. The van der Waals surface area contributed by atoms with Crippen LogP contribution in [-0.4, -0.2) is 24.9 Å². The molecule has 98 valence electrons. The summed E-state index contributed by atoms with van der Waals surface area (Å²) in [6, 6.07) is 16.7. The molecule has 0 spiro atoms. The molecule has 3 aromatic rings. The fraction of sp³-hybridized carbons (Fsp3) is 0.250. The summed E-state index contributed by atoms with van der Waals surface area (Å²) in [7, 11) is 1.96. The van der Waals surface area contributed by atoms with E-state index in [0.717, 1.165) is 24.0 Å². The van der Waals surface area contributed by atoms with Crippen LogP contribution in [0.4, 0.5) is 0 Å². The van der Waals surface area contributed by atoms with Crippen molar-refractivity contribution >= 4 is 21.8 Å². The van der Waals surface area contributed by atoms with E-state index in [1.165, 1.54) is 10.8 Å². The van der Waals surface area contributed by atoms with Gasteiger partial charge in [-0.3, -0.25) is 0 Å². The second kappa shape index (κ2) is 5.33. The number of para-hydroxylation sites is 2. The maximum absolute atomic E-state index is 5.95. The SMILES string of the molecule is CNCCCOn1c2ccccc2c2ccccc21. The van der Waals surface area contributed by atoms with Crippen molar-refractivity contribution in [3.8, 4) is 0 Å². The molecule has 0 amide bonds. The Morgan fingerprint density at radius 1 is 0.947 bits per heavy atom. The van der Waals surface area contributed by atoms with Crippen LogP contribution in [0.15, 0.2) is 48.5 Å². The smallest absolute Gasteiger partial charge is 0.116 e. The van der Waals surface area contributed by atoms with Gasteiger partial charge in [0.2, 0.25) is 0 Å². The van der Waals surface area contributed by atoms with Gasteiger partial charge in [0.15, 0.2) is 0 Å². The second-order valence-electron chi connectivity index (χ2n) is 4.62. The number of benzene rings is 2. The van der Waals surface area contributed by atoms with Crippen LogP contribution in [0, 0.1) is 0 Å². The molecule has 3 rings (SSSR count). The number of fused-ring (bicyclic) bond motifs is 3. The van der Waals surface area contributed by atoms with Crippen molar-refractivity contribution in [1.29, 1.82) is 0 Å². The standard InChI is InChI=1S/C16H18N2O/c1-17-11-6-12-19-18-15-9-4-2-7-13(15)14-8-3-5-10-16(14)18/h2-5,7-10,17H,6,11-12H2,1H3. The number of nitrogens with one attached hydrogen (secondary N) is 1. The Labute approximate surface area is 112 Å². The molecule has 0 saturated carbocycles. The predicted molar refractivity (Wildman–Crippen MR) is 79.4 cm³/mol. The van der Waals surface area contributed by atoms with Crippen molar-refractivity contribution in [3.05, 3.63) is 48.5 Å². The summed E-state index contributed by atoms with van der Waals surface area (Å²) in [6.07, 6.45) is 0.997. The van der Waals surface area contributed by atoms with Gasteiger partial charge < -0.3 is 10.2 Å². The third-order valence-corrected chi connectivity index (χ3v) is 3.33. The van der Waals surface area contributed by atoms with Gasteiger partial charge in [-0.05, 0) is 32.1 Å². The van der Waals surface area contributed by atoms with E-state index < -0.39 is 0 Å². The van der Waals surface area contributed by atoms with Crippen LogP contribution in [0.2, 0.25) is 0 Å². The third-order valence-electron chi connectivity index (χ3n) is 3.33. The van der Waals surface area contributed by atoms with E-state index in [9.17, 15) is 0 Å². The lowest BCUT2D eigenvalue weighted by atomic mass is 10.2. The molecule has 1 heterocycles. The summed E-state index contributed by atoms with van der Waals surface area (Å²) in [5.41, 5.74) is 2.27. The molecule has 0 fully saturated rings. The lowest BCUT2D eigenvalue weighted by Crippen LogP contribution is -2.17. The van der Waals surface area contributed by atoms with Gasteiger partial charge in [-0.1, -0.05) is 36.4 Å². The molecule has 0 saturated heterocycles. The fourth-order valence-corrected chi connectivity index (χ4v) is 2.43. The van der Waals surface area contributed by atoms with Crippen molar-refractivity contribution < 1.29 is 4.84 Å². The Balaban J connectivity index is 2.04. The van der Waals surface area contributed by atoms with Crippen LogP contribution in [0.25, 0.3) is 21.8 Å². The van der Waals surface area contributed by atoms with Gasteiger partial charge in [-0.2, -0.15) is 4.73 Å². The Kier molecular flexibility index (Phi) is 3.38. The summed E-state index contributed by atoms with van der Waals surface area (Å²) in [5.74, 6) is 0. The fourth-order valence-electron chi connectivity index (χ4n) is 2.43. The normalized spacial score (nSPS) is 11.2. The minimum absolute atomic E-state index is 0.712. The van der Waals surface area contributed by atoms with Crippen LogP contribution in [0.3, 0.4) is 0 Å².